The number of amides is 1. The number of fused-ring (bicyclic) bond motifs is 1. The number of halogens is 1. The Hall–Kier alpha value is -1.55. The predicted molar refractivity (Wildman–Crippen MR) is 124 cm³/mol. The first kappa shape index (κ1) is 22.7. The number of anilines is 1. The smallest absolute Gasteiger partial charge is 0.265 e. The summed E-state index contributed by atoms with van der Waals surface area (Å²) in [6.07, 6.45) is 3.36. The number of carbonyl (C=O) groups excluding carboxylic acids is 1. The molecule has 1 atom stereocenters. The zero-order valence-corrected chi connectivity index (χ0v) is 19.1. The van der Waals surface area contributed by atoms with E-state index in [2.05, 4.69) is 27.4 Å². The molecule has 2 N–H and O–H groups in total. The molecule has 0 bridgehead atoms. The van der Waals surface area contributed by atoms with Crippen LogP contribution in [0.25, 0.3) is 0 Å². The van der Waals surface area contributed by atoms with Crippen LogP contribution in [-0.4, -0.2) is 69.2 Å². The van der Waals surface area contributed by atoms with Gasteiger partial charge < -0.3 is 20.3 Å². The second kappa shape index (κ2) is 11.5. The molecule has 2 heterocycles. The lowest BCUT2D eigenvalue weighted by atomic mass is 10.2. The van der Waals surface area contributed by atoms with Crippen molar-refractivity contribution in [2.24, 2.45) is 4.99 Å². The Bertz CT molecular complexity index is 670. The third kappa shape index (κ3) is 5.73. The highest BCUT2D eigenvalue weighted by atomic mass is 127. The van der Waals surface area contributed by atoms with Crippen LogP contribution in [0.5, 0.6) is 5.75 Å². The predicted octanol–water partition coefficient (Wildman–Crippen LogP) is 2.07. The van der Waals surface area contributed by atoms with Gasteiger partial charge in [0.05, 0.1) is 5.69 Å². The van der Waals surface area contributed by atoms with E-state index in [9.17, 15) is 4.79 Å². The van der Waals surface area contributed by atoms with Gasteiger partial charge in [-0.05, 0) is 44.5 Å². The molecule has 0 radical (unpaired) electrons. The van der Waals surface area contributed by atoms with Gasteiger partial charge in [-0.3, -0.25) is 14.7 Å². The largest absolute Gasteiger partial charge is 0.482 e. The lowest BCUT2D eigenvalue weighted by Crippen LogP contribution is -2.45. The van der Waals surface area contributed by atoms with Gasteiger partial charge in [0.25, 0.3) is 5.91 Å². The normalized spacial score (nSPS) is 19.6. The molecule has 0 aliphatic carbocycles. The maximum absolute atomic E-state index is 12.2. The van der Waals surface area contributed by atoms with E-state index >= 15 is 0 Å². The van der Waals surface area contributed by atoms with Gasteiger partial charge >= 0.3 is 0 Å². The number of ether oxygens (including phenoxy) is 1. The van der Waals surface area contributed by atoms with E-state index in [4.69, 9.17) is 4.74 Å². The number of carbonyl (C=O) groups is 1. The van der Waals surface area contributed by atoms with Gasteiger partial charge in [-0.2, -0.15) is 0 Å². The minimum atomic E-state index is 0. The average molecular weight is 501 g/mol. The lowest BCUT2D eigenvalue weighted by Gasteiger charge is -2.29. The van der Waals surface area contributed by atoms with Crippen LogP contribution in [0.1, 0.15) is 26.2 Å². The van der Waals surface area contributed by atoms with Crippen molar-refractivity contribution in [1.29, 1.82) is 0 Å². The van der Waals surface area contributed by atoms with Crippen molar-refractivity contribution in [3.05, 3.63) is 24.3 Å². The molecule has 7 nitrogen and oxygen atoms in total. The Kier molecular flexibility index (Phi) is 9.30. The van der Waals surface area contributed by atoms with Crippen molar-refractivity contribution in [1.82, 2.24) is 15.5 Å². The number of guanidine groups is 1. The summed E-state index contributed by atoms with van der Waals surface area (Å²) in [5.41, 5.74) is 0.858. The van der Waals surface area contributed by atoms with Crippen LogP contribution in [-0.2, 0) is 4.79 Å². The van der Waals surface area contributed by atoms with E-state index in [1.807, 2.05) is 29.2 Å². The van der Waals surface area contributed by atoms with E-state index in [0.717, 1.165) is 43.5 Å². The zero-order valence-electron chi connectivity index (χ0n) is 16.8. The number of hydrogen-bond acceptors (Lipinski definition) is 4. The van der Waals surface area contributed by atoms with Crippen molar-refractivity contribution >= 4 is 41.5 Å². The lowest BCUT2D eigenvalue weighted by molar-refractivity contribution is -0.121. The van der Waals surface area contributed by atoms with E-state index in [-0.39, 0.29) is 36.5 Å². The quantitative estimate of drug-likeness (QED) is 0.259. The molecule has 1 unspecified atom stereocenters. The molecule has 0 spiro atoms. The van der Waals surface area contributed by atoms with Gasteiger partial charge in [-0.25, -0.2) is 0 Å². The van der Waals surface area contributed by atoms with Crippen molar-refractivity contribution < 1.29 is 9.53 Å². The maximum Gasteiger partial charge on any atom is 0.265 e. The number of likely N-dealkylation sites (N-methyl/N-ethyl adjacent to an activating group) is 1. The van der Waals surface area contributed by atoms with Crippen LogP contribution in [0.2, 0.25) is 0 Å². The van der Waals surface area contributed by atoms with Crippen molar-refractivity contribution in [3.63, 3.8) is 0 Å². The highest BCUT2D eigenvalue weighted by molar-refractivity contribution is 14.0. The number of likely N-dealkylation sites (tertiary alicyclic amines) is 1. The SMILES string of the molecule is CCN1CCCC1CNC(=NC)NCCCN1C(=O)COc2ccccc21.I. The molecular formula is C20H32IN5O2. The van der Waals surface area contributed by atoms with Crippen molar-refractivity contribution in [3.8, 4) is 5.75 Å². The fourth-order valence-electron chi connectivity index (χ4n) is 3.82. The fourth-order valence-corrected chi connectivity index (χ4v) is 3.82. The van der Waals surface area contributed by atoms with Crippen LogP contribution in [0.15, 0.2) is 29.3 Å². The first-order valence-corrected chi connectivity index (χ1v) is 9.93. The Morgan fingerprint density at radius 2 is 2.14 bits per heavy atom. The molecule has 1 aromatic carbocycles. The summed E-state index contributed by atoms with van der Waals surface area (Å²) in [5, 5.41) is 6.79. The number of benzene rings is 1. The number of para-hydroxylation sites is 2. The first-order chi connectivity index (χ1) is 13.2. The summed E-state index contributed by atoms with van der Waals surface area (Å²) < 4.78 is 5.49. The summed E-state index contributed by atoms with van der Waals surface area (Å²) in [7, 11) is 1.79. The van der Waals surface area contributed by atoms with Crippen LogP contribution in [0.4, 0.5) is 5.69 Å². The first-order valence-electron chi connectivity index (χ1n) is 9.93. The summed E-state index contributed by atoms with van der Waals surface area (Å²) >= 11 is 0. The number of aliphatic imine (C=N–C) groups is 1. The second-order valence-corrected chi connectivity index (χ2v) is 6.96. The molecule has 1 aromatic rings. The summed E-state index contributed by atoms with van der Waals surface area (Å²) in [4.78, 5) is 20.8. The van der Waals surface area contributed by atoms with Gasteiger partial charge in [-0.15, -0.1) is 24.0 Å². The molecule has 28 heavy (non-hydrogen) atoms. The van der Waals surface area contributed by atoms with E-state index < -0.39 is 0 Å². The Balaban J connectivity index is 0.00000280. The van der Waals surface area contributed by atoms with Crippen LogP contribution in [0.3, 0.4) is 0 Å². The highest BCUT2D eigenvalue weighted by Crippen LogP contribution is 2.31. The van der Waals surface area contributed by atoms with Crippen molar-refractivity contribution in [2.45, 2.75) is 32.2 Å². The molecule has 8 heteroatoms. The molecule has 3 rings (SSSR count). The Morgan fingerprint density at radius 1 is 1.32 bits per heavy atom. The van der Waals surface area contributed by atoms with Gasteiger partial charge in [0.15, 0.2) is 12.6 Å². The summed E-state index contributed by atoms with van der Waals surface area (Å²) in [6, 6.07) is 8.29. The number of nitrogens with one attached hydrogen (secondary N) is 2. The van der Waals surface area contributed by atoms with Gasteiger partial charge in [-0.1, -0.05) is 19.1 Å². The highest BCUT2D eigenvalue weighted by Gasteiger charge is 2.25. The molecule has 2 aliphatic heterocycles. The zero-order chi connectivity index (χ0) is 19.1. The molecule has 2 aliphatic rings. The van der Waals surface area contributed by atoms with E-state index in [1.165, 1.54) is 19.4 Å². The average Bonchev–Trinajstić information content (AvgIpc) is 3.16. The molecule has 1 saturated heterocycles. The van der Waals surface area contributed by atoms with Crippen LogP contribution in [0, 0.1) is 0 Å². The van der Waals surface area contributed by atoms with Gasteiger partial charge in [0.1, 0.15) is 5.75 Å². The molecule has 0 aromatic heterocycles. The Labute approximate surface area is 184 Å². The third-order valence-electron chi connectivity index (χ3n) is 5.29. The number of rotatable bonds is 7. The standard InChI is InChI=1S/C20H31N5O2.HI/c1-3-24-12-6-8-16(24)14-23-20(21-2)22-11-7-13-25-17-9-4-5-10-18(17)27-15-19(25)26;/h4-5,9-10,16H,3,6-8,11-15H2,1-2H3,(H2,21,22,23);1H. The molecule has 0 saturated carbocycles. The van der Waals surface area contributed by atoms with Gasteiger partial charge in [0, 0.05) is 32.7 Å². The van der Waals surface area contributed by atoms with E-state index in [1.54, 1.807) is 7.05 Å². The van der Waals surface area contributed by atoms with E-state index in [0.29, 0.717) is 12.6 Å². The monoisotopic (exact) mass is 501 g/mol. The molecule has 1 amide bonds. The topological polar surface area (TPSA) is 69.2 Å². The molecular weight excluding hydrogens is 469 g/mol. The minimum absolute atomic E-state index is 0. The van der Waals surface area contributed by atoms with Crippen LogP contribution < -0.4 is 20.3 Å². The number of nitrogens with zero attached hydrogens (tertiary/aromatic N) is 3. The maximum atomic E-state index is 12.2. The van der Waals surface area contributed by atoms with Gasteiger partial charge in [0.2, 0.25) is 0 Å². The third-order valence-corrected chi connectivity index (χ3v) is 5.29. The fraction of sp³-hybridized carbons (Fsp3) is 0.600. The number of hydrogen-bond donors (Lipinski definition) is 2. The second-order valence-electron chi connectivity index (χ2n) is 6.96. The van der Waals surface area contributed by atoms with Crippen molar-refractivity contribution in [2.75, 3.05) is 51.3 Å². The molecule has 156 valence electrons. The summed E-state index contributed by atoms with van der Waals surface area (Å²) in [5.74, 6) is 1.61. The van der Waals surface area contributed by atoms with Crippen LogP contribution >= 0.6 is 24.0 Å². The molecule has 1 fully saturated rings. The Morgan fingerprint density at radius 3 is 2.93 bits per heavy atom. The minimum Gasteiger partial charge on any atom is -0.482 e. The summed E-state index contributed by atoms with van der Waals surface area (Å²) in [6.45, 7) is 6.98.